The summed E-state index contributed by atoms with van der Waals surface area (Å²) in [5, 5.41) is 17.4. The van der Waals surface area contributed by atoms with Crippen molar-refractivity contribution in [3.8, 4) is 11.8 Å². The number of carbonyl (C=O) groups is 1. The smallest absolute Gasteiger partial charge is 0.252 e. The maximum atomic E-state index is 11.9. The lowest BCUT2D eigenvalue weighted by molar-refractivity contribution is 0.0951. The van der Waals surface area contributed by atoms with Crippen LogP contribution in [0.25, 0.3) is 0 Å². The van der Waals surface area contributed by atoms with E-state index in [9.17, 15) is 4.79 Å². The molecule has 0 aliphatic rings. The molecule has 2 N–H and O–H groups in total. The summed E-state index contributed by atoms with van der Waals surface area (Å²) in [6.45, 7) is 2.41. The van der Waals surface area contributed by atoms with E-state index in [2.05, 4.69) is 22.5 Å². The summed E-state index contributed by atoms with van der Waals surface area (Å²) in [6, 6.07) is 1.74. The van der Waals surface area contributed by atoms with Crippen LogP contribution in [0.2, 0.25) is 0 Å². The van der Waals surface area contributed by atoms with Crippen LogP contribution in [0.3, 0.4) is 0 Å². The van der Waals surface area contributed by atoms with Crippen molar-refractivity contribution < 1.29 is 9.90 Å². The summed E-state index contributed by atoms with van der Waals surface area (Å²) < 4.78 is 0. The number of aliphatic hydroxyl groups excluding tert-OH is 1. The van der Waals surface area contributed by atoms with E-state index in [0.717, 1.165) is 10.4 Å². The predicted molar refractivity (Wildman–Crippen MR) is 78.5 cm³/mol. The van der Waals surface area contributed by atoms with E-state index in [1.54, 1.807) is 22.8 Å². The molecule has 0 bridgehead atoms. The van der Waals surface area contributed by atoms with Crippen molar-refractivity contribution in [2.24, 2.45) is 0 Å². The van der Waals surface area contributed by atoms with Gasteiger partial charge in [0, 0.05) is 11.9 Å². The van der Waals surface area contributed by atoms with Gasteiger partial charge in [-0.15, -0.1) is 11.3 Å². The second kappa shape index (κ2) is 6.53. The monoisotopic (exact) mass is 291 g/mol. The fourth-order valence-corrected chi connectivity index (χ4v) is 3.11. The third kappa shape index (κ3) is 3.67. The number of amides is 1. The highest BCUT2D eigenvalue weighted by atomic mass is 32.1. The standard InChI is InChI=1S/C14H13NO2S2/c1-10-7-18-8-12(10)6-15-14(17)11-5-13(19-9-11)3-2-4-16/h5,7-9,16H,4,6H2,1H3,(H,15,17). The van der Waals surface area contributed by atoms with Gasteiger partial charge in [0.25, 0.3) is 5.91 Å². The highest BCUT2D eigenvalue weighted by Gasteiger charge is 2.08. The first-order valence-corrected chi connectivity index (χ1v) is 7.51. The fraction of sp³-hybridized carbons (Fsp3) is 0.214. The minimum atomic E-state index is -0.170. The molecule has 0 spiro atoms. The largest absolute Gasteiger partial charge is 0.384 e. The molecule has 2 rings (SSSR count). The second-order valence-corrected chi connectivity index (χ2v) is 5.58. The number of thiophene rings is 2. The van der Waals surface area contributed by atoms with Gasteiger partial charge in [0.2, 0.25) is 0 Å². The molecule has 1 amide bonds. The minimum Gasteiger partial charge on any atom is -0.384 e. The van der Waals surface area contributed by atoms with Gasteiger partial charge in [-0.05, 0) is 34.9 Å². The van der Waals surface area contributed by atoms with Crippen LogP contribution < -0.4 is 5.32 Å². The topological polar surface area (TPSA) is 49.3 Å². The maximum absolute atomic E-state index is 11.9. The van der Waals surface area contributed by atoms with Crippen molar-refractivity contribution in [2.75, 3.05) is 6.61 Å². The highest BCUT2D eigenvalue weighted by Crippen LogP contribution is 2.15. The number of hydrogen-bond acceptors (Lipinski definition) is 4. The van der Waals surface area contributed by atoms with Crippen molar-refractivity contribution in [3.05, 3.63) is 43.8 Å². The fourth-order valence-electron chi connectivity index (χ4n) is 1.49. The van der Waals surface area contributed by atoms with Gasteiger partial charge in [-0.3, -0.25) is 4.79 Å². The van der Waals surface area contributed by atoms with Crippen LogP contribution >= 0.6 is 22.7 Å². The summed E-state index contributed by atoms with van der Waals surface area (Å²) in [6.07, 6.45) is 0. The third-order valence-electron chi connectivity index (χ3n) is 2.55. The molecule has 19 heavy (non-hydrogen) atoms. The Morgan fingerprint density at radius 1 is 1.42 bits per heavy atom. The van der Waals surface area contributed by atoms with Crippen LogP contribution in [-0.2, 0) is 6.54 Å². The van der Waals surface area contributed by atoms with Gasteiger partial charge in [-0.1, -0.05) is 11.8 Å². The lowest BCUT2D eigenvalue weighted by Gasteiger charge is -2.02. The molecule has 2 heterocycles. The van der Waals surface area contributed by atoms with E-state index < -0.39 is 0 Å². The Bertz CT molecular complexity index is 631. The molecule has 3 nitrogen and oxygen atoms in total. The number of hydrogen-bond donors (Lipinski definition) is 2. The third-order valence-corrected chi connectivity index (χ3v) is 4.31. The van der Waals surface area contributed by atoms with E-state index in [4.69, 9.17) is 5.11 Å². The van der Waals surface area contributed by atoms with Crippen LogP contribution in [-0.4, -0.2) is 17.6 Å². The van der Waals surface area contributed by atoms with Crippen molar-refractivity contribution in [1.82, 2.24) is 5.32 Å². The molecule has 0 fully saturated rings. The Labute approximate surface area is 119 Å². The summed E-state index contributed by atoms with van der Waals surface area (Å²) >= 11 is 3.04. The lowest BCUT2D eigenvalue weighted by atomic mass is 10.2. The molecule has 0 atom stereocenters. The Balaban J connectivity index is 1.96. The average molecular weight is 291 g/mol. The Hall–Kier alpha value is -1.61. The predicted octanol–water partition coefficient (Wildman–Crippen LogP) is 2.39. The van der Waals surface area contributed by atoms with Crippen LogP contribution in [0, 0.1) is 18.8 Å². The van der Waals surface area contributed by atoms with E-state index >= 15 is 0 Å². The molecule has 0 aromatic carbocycles. The van der Waals surface area contributed by atoms with Crippen LogP contribution in [0.5, 0.6) is 0 Å². The first kappa shape index (κ1) is 13.8. The zero-order chi connectivity index (χ0) is 13.7. The van der Waals surface area contributed by atoms with Crippen LogP contribution in [0.4, 0.5) is 0 Å². The molecule has 0 unspecified atom stereocenters. The van der Waals surface area contributed by atoms with Crippen LogP contribution in [0.15, 0.2) is 22.2 Å². The molecule has 0 saturated heterocycles. The van der Waals surface area contributed by atoms with Gasteiger partial charge in [0.1, 0.15) is 6.61 Å². The number of aryl methyl sites for hydroxylation is 1. The SMILES string of the molecule is Cc1cscc1CNC(=O)c1csc(C#CCO)c1. The van der Waals surface area contributed by atoms with Gasteiger partial charge in [0.05, 0.1) is 10.4 Å². The zero-order valence-corrected chi connectivity index (χ0v) is 12.0. The van der Waals surface area contributed by atoms with Crippen molar-refractivity contribution in [3.63, 3.8) is 0 Å². The highest BCUT2D eigenvalue weighted by molar-refractivity contribution is 7.10. The number of nitrogens with one attached hydrogen (secondary N) is 1. The quantitative estimate of drug-likeness (QED) is 0.853. The van der Waals surface area contributed by atoms with E-state index in [0.29, 0.717) is 12.1 Å². The molecule has 2 aromatic heterocycles. The molecule has 5 heteroatoms. The molecular formula is C14H13NO2S2. The van der Waals surface area contributed by atoms with Gasteiger partial charge in [-0.25, -0.2) is 0 Å². The zero-order valence-electron chi connectivity index (χ0n) is 10.4. The first-order chi connectivity index (χ1) is 9.20. The summed E-state index contributed by atoms with van der Waals surface area (Å²) in [5.74, 6) is 5.25. The second-order valence-electron chi connectivity index (χ2n) is 3.92. The summed E-state index contributed by atoms with van der Waals surface area (Å²) in [5.41, 5.74) is 2.96. The molecular weight excluding hydrogens is 278 g/mol. The molecule has 0 radical (unpaired) electrons. The summed E-state index contributed by atoms with van der Waals surface area (Å²) in [7, 11) is 0. The maximum Gasteiger partial charge on any atom is 0.252 e. The summed E-state index contributed by atoms with van der Waals surface area (Å²) in [4.78, 5) is 12.7. The van der Waals surface area contributed by atoms with Gasteiger partial charge < -0.3 is 10.4 Å². The van der Waals surface area contributed by atoms with Crippen molar-refractivity contribution in [1.29, 1.82) is 0 Å². The molecule has 0 saturated carbocycles. The number of rotatable bonds is 3. The molecule has 2 aromatic rings. The van der Waals surface area contributed by atoms with Gasteiger partial charge in [-0.2, -0.15) is 11.3 Å². The Kier molecular flexibility index (Phi) is 4.74. The van der Waals surface area contributed by atoms with Crippen molar-refractivity contribution >= 4 is 28.6 Å². The number of aliphatic hydroxyl groups is 1. The number of carbonyl (C=O) groups excluding carboxylic acids is 1. The molecule has 98 valence electrons. The Morgan fingerprint density at radius 2 is 2.26 bits per heavy atom. The van der Waals surface area contributed by atoms with Gasteiger partial charge >= 0.3 is 0 Å². The Morgan fingerprint density at radius 3 is 2.95 bits per heavy atom. The van der Waals surface area contributed by atoms with Crippen LogP contribution in [0.1, 0.15) is 26.4 Å². The lowest BCUT2D eigenvalue weighted by Crippen LogP contribution is -2.22. The molecule has 0 aliphatic carbocycles. The van der Waals surface area contributed by atoms with E-state index in [1.165, 1.54) is 16.9 Å². The van der Waals surface area contributed by atoms with Crippen molar-refractivity contribution in [2.45, 2.75) is 13.5 Å². The van der Waals surface area contributed by atoms with E-state index in [-0.39, 0.29) is 12.5 Å². The van der Waals surface area contributed by atoms with Gasteiger partial charge in [0.15, 0.2) is 0 Å². The van der Waals surface area contributed by atoms with E-state index in [1.807, 2.05) is 12.3 Å². The minimum absolute atomic E-state index is 0.0982. The molecule has 0 aliphatic heterocycles. The average Bonchev–Trinajstić information content (AvgIpc) is 3.03. The first-order valence-electron chi connectivity index (χ1n) is 5.69. The normalized spacial score (nSPS) is 9.79.